The number of methoxy groups -OCH3 is 1. The third kappa shape index (κ3) is 3.37. The van der Waals surface area contributed by atoms with Crippen molar-refractivity contribution in [1.29, 1.82) is 0 Å². The van der Waals surface area contributed by atoms with Gasteiger partial charge in [0.05, 0.1) is 13.2 Å². The summed E-state index contributed by atoms with van der Waals surface area (Å²) in [5.74, 6) is 1.07. The zero-order valence-electron chi connectivity index (χ0n) is 11.6. The van der Waals surface area contributed by atoms with Crippen molar-refractivity contribution in [2.75, 3.05) is 7.11 Å². The molecule has 0 heterocycles. The number of carbonyl (C=O) groups is 1. The summed E-state index contributed by atoms with van der Waals surface area (Å²) in [4.78, 5) is 12.2. The van der Waals surface area contributed by atoms with Gasteiger partial charge in [-0.3, -0.25) is 4.79 Å². The number of rotatable bonds is 4. The van der Waals surface area contributed by atoms with E-state index in [0.717, 1.165) is 30.6 Å². The van der Waals surface area contributed by atoms with Gasteiger partial charge in [-0.15, -0.1) is 0 Å². The van der Waals surface area contributed by atoms with Crippen LogP contribution in [0.3, 0.4) is 0 Å². The maximum Gasteiger partial charge on any atom is 0.223 e. The summed E-state index contributed by atoms with van der Waals surface area (Å²) in [5.41, 5.74) is 1.02. The number of nitrogens with one attached hydrogen (secondary N) is 1. The lowest BCUT2D eigenvalue weighted by Gasteiger charge is -2.22. The van der Waals surface area contributed by atoms with Crippen LogP contribution in [-0.2, 0) is 4.79 Å². The van der Waals surface area contributed by atoms with Crippen molar-refractivity contribution >= 4 is 5.91 Å². The van der Waals surface area contributed by atoms with Gasteiger partial charge in [-0.05, 0) is 32.3 Å². The number of carbonyl (C=O) groups excluding carboxylic acids is 1. The predicted molar refractivity (Wildman–Crippen MR) is 76.0 cm³/mol. The normalized spacial score (nSPS) is 19.8. The van der Waals surface area contributed by atoms with Gasteiger partial charge < -0.3 is 10.1 Å². The van der Waals surface area contributed by atoms with Crippen LogP contribution < -0.4 is 10.1 Å². The minimum absolute atomic E-state index is 0.0328. The molecule has 1 amide bonds. The molecule has 0 bridgehead atoms. The van der Waals surface area contributed by atoms with E-state index in [1.54, 1.807) is 7.11 Å². The van der Waals surface area contributed by atoms with Crippen LogP contribution in [-0.4, -0.2) is 13.0 Å². The molecule has 3 nitrogen and oxygen atoms in total. The zero-order chi connectivity index (χ0) is 13.7. The number of benzene rings is 1. The lowest BCUT2D eigenvalue weighted by Crippen LogP contribution is -2.33. The third-order valence-corrected chi connectivity index (χ3v) is 3.60. The molecule has 0 radical (unpaired) electrons. The lowest BCUT2D eigenvalue weighted by molar-refractivity contribution is -0.125. The highest BCUT2D eigenvalue weighted by molar-refractivity contribution is 5.79. The Labute approximate surface area is 114 Å². The second-order valence-electron chi connectivity index (χ2n) is 4.95. The van der Waals surface area contributed by atoms with E-state index in [4.69, 9.17) is 4.74 Å². The molecule has 0 saturated carbocycles. The summed E-state index contributed by atoms with van der Waals surface area (Å²) < 4.78 is 5.33. The van der Waals surface area contributed by atoms with Crippen LogP contribution in [0, 0.1) is 5.92 Å². The smallest absolute Gasteiger partial charge is 0.223 e. The highest BCUT2D eigenvalue weighted by atomic mass is 16.5. The van der Waals surface area contributed by atoms with Crippen LogP contribution in [0.1, 0.15) is 37.8 Å². The molecule has 2 rings (SSSR count). The van der Waals surface area contributed by atoms with Gasteiger partial charge in [0, 0.05) is 11.5 Å². The van der Waals surface area contributed by atoms with Crippen molar-refractivity contribution in [3.8, 4) is 5.75 Å². The molecule has 19 heavy (non-hydrogen) atoms. The molecule has 0 saturated heterocycles. The maximum atomic E-state index is 12.2. The molecule has 102 valence electrons. The van der Waals surface area contributed by atoms with E-state index in [1.807, 2.05) is 31.2 Å². The van der Waals surface area contributed by atoms with Crippen LogP contribution in [0.5, 0.6) is 5.75 Å². The van der Waals surface area contributed by atoms with E-state index in [1.165, 1.54) is 0 Å². The highest BCUT2D eigenvalue weighted by Crippen LogP contribution is 2.25. The van der Waals surface area contributed by atoms with Gasteiger partial charge in [-0.1, -0.05) is 30.4 Å². The first-order chi connectivity index (χ1) is 9.22. The Balaban J connectivity index is 2.02. The summed E-state index contributed by atoms with van der Waals surface area (Å²) in [6.45, 7) is 1.99. The topological polar surface area (TPSA) is 38.3 Å². The second-order valence-corrected chi connectivity index (χ2v) is 4.95. The Kier molecular flexibility index (Phi) is 4.61. The number of amides is 1. The van der Waals surface area contributed by atoms with Gasteiger partial charge in [0.2, 0.25) is 5.91 Å². The second kappa shape index (κ2) is 6.41. The van der Waals surface area contributed by atoms with Crippen LogP contribution in [0.15, 0.2) is 36.4 Å². The Morgan fingerprint density at radius 2 is 2.16 bits per heavy atom. The van der Waals surface area contributed by atoms with Crippen molar-refractivity contribution in [3.63, 3.8) is 0 Å². The van der Waals surface area contributed by atoms with E-state index in [2.05, 4.69) is 17.5 Å². The molecule has 1 N–H and O–H groups in total. The van der Waals surface area contributed by atoms with E-state index in [9.17, 15) is 4.79 Å². The van der Waals surface area contributed by atoms with Gasteiger partial charge in [0.1, 0.15) is 5.75 Å². The molecule has 1 aromatic carbocycles. The first-order valence-corrected chi connectivity index (χ1v) is 6.80. The van der Waals surface area contributed by atoms with Gasteiger partial charge >= 0.3 is 0 Å². The van der Waals surface area contributed by atoms with Crippen molar-refractivity contribution in [1.82, 2.24) is 5.32 Å². The van der Waals surface area contributed by atoms with Crippen molar-refractivity contribution < 1.29 is 9.53 Å². The molecule has 0 spiro atoms. The SMILES string of the molecule is COc1ccccc1[C@H](C)NC(=O)[C@@H]1CC=CCC1. The molecular weight excluding hydrogens is 238 g/mol. The molecule has 0 aliphatic heterocycles. The minimum Gasteiger partial charge on any atom is -0.496 e. The number of hydrogen-bond acceptors (Lipinski definition) is 2. The first-order valence-electron chi connectivity index (χ1n) is 6.80. The molecule has 1 aromatic rings. The number of allylic oxidation sites excluding steroid dienone is 2. The maximum absolute atomic E-state index is 12.2. The van der Waals surface area contributed by atoms with Gasteiger partial charge in [-0.25, -0.2) is 0 Å². The average Bonchev–Trinajstić information content (AvgIpc) is 2.48. The Morgan fingerprint density at radius 3 is 2.84 bits per heavy atom. The van der Waals surface area contributed by atoms with Gasteiger partial charge in [0.15, 0.2) is 0 Å². The average molecular weight is 259 g/mol. The van der Waals surface area contributed by atoms with E-state index in [-0.39, 0.29) is 17.9 Å². The predicted octanol–water partition coefficient (Wildman–Crippen LogP) is 3.23. The number of hydrogen-bond donors (Lipinski definition) is 1. The van der Waals surface area contributed by atoms with Crippen molar-refractivity contribution in [3.05, 3.63) is 42.0 Å². The van der Waals surface area contributed by atoms with Gasteiger partial charge in [0.25, 0.3) is 0 Å². The van der Waals surface area contributed by atoms with Crippen LogP contribution in [0.4, 0.5) is 0 Å². The van der Waals surface area contributed by atoms with Crippen LogP contribution >= 0.6 is 0 Å². The number of ether oxygens (including phenoxy) is 1. The molecular formula is C16H21NO2. The Morgan fingerprint density at radius 1 is 1.37 bits per heavy atom. The molecule has 0 fully saturated rings. The fourth-order valence-corrected chi connectivity index (χ4v) is 2.46. The van der Waals surface area contributed by atoms with Gasteiger partial charge in [-0.2, -0.15) is 0 Å². The third-order valence-electron chi connectivity index (χ3n) is 3.60. The standard InChI is InChI=1S/C16H21NO2/c1-12(14-10-6-7-11-15(14)19-2)17-16(18)13-8-4-3-5-9-13/h3-4,6-7,10-13H,5,8-9H2,1-2H3,(H,17,18)/t12-,13+/m0/s1. The number of para-hydroxylation sites is 1. The Hall–Kier alpha value is -1.77. The minimum atomic E-state index is -0.0328. The van der Waals surface area contributed by atoms with Crippen molar-refractivity contribution in [2.24, 2.45) is 5.92 Å². The summed E-state index contributed by atoms with van der Waals surface area (Å²) >= 11 is 0. The Bertz CT molecular complexity index is 468. The molecule has 1 aliphatic rings. The van der Waals surface area contributed by atoms with Crippen molar-refractivity contribution in [2.45, 2.75) is 32.2 Å². The molecule has 2 atom stereocenters. The first kappa shape index (κ1) is 13.7. The molecule has 0 aromatic heterocycles. The summed E-state index contributed by atoms with van der Waals surface area (Å²) in [6.07, 6.45) is 7.04. The summed E-state index contributed by atoms with van der Waals surface area (Å²) in [7, 11) is 1.65. The summed E-state index contributed by atoms with van der Waals surface area (Å²) in [6, 6.07) is 7.77. The van der Waals surface area contributed by atoms with E-state index in [0.29, 0.717) is 0 Å². The lowest BCUT2D eigenvalue weighted by atomic mass is 9.93. The quantitative estimate of drug-likeness (QED) is 0.843. The molecule has 3 heteroatoms. The molecule has 1 aliphatic carbocycles. The van der Waals surface area contributed by atoms with Crippen LogP contribution in [0.2, 0.25) is 0 Å². The largest absolute Gasteiger partial charge is 0.496 e. The van der Waals surface area contributed by atoms with Crippen LogP contribution in [0.25, 0.3) is 0 Å². The highest BCUT2D eigenvalue weighted by Gasteiger charge is 2.21. The zero-order valence-corrected chi connectivity index (χ0v) is 11.6. The fraction of sp³-hybridized carbons (Fsp3) is 0.438. The monoisotopic (exact) mass is 259 g/mol. The summed E-state index contributed by atoms with van der Waals surface area (Å²) in [5, 5.41) is 3.09. The molecule has 0 unspecified atom stereocenters. The van der Waals surface area contributed by atoms with E-state index < -0.39 is 0 Å². The fourth-order valence-electron chi connectivity index (χ4n) is 2.46. The van der Waals surface area contributed by atoms with E-state index >= 15 is 0 Å².